The topological polar surface area (TPSA) is 87.7 Å². The Morgan fingerprint density at radius 3 is 2.48 bits per heavy atom. The highest BCUT2D eigenvalue weighted by Crippen LogP contribution is 2.09. The maximum Gasteiger partial charge on any atom is 0.319 e. The van der Waals surface area contributed by atoms with Crippen molar-refractivity contribution in [3.05, 3.63) is 29.8 Å². The van der Waals surface area contributed by atoms with E-state index in [9.17, 15) is 18.4 Å². The zero-order valence-corrected chi connectivity index (χ0v) is 11.1. The van der Waals surface area contributed by atoms with Crippen molar-refractivity contribution in [3.8, 4) is 0 Å². The summed E-state index contributed by atoms with van der Waals surface area (Å²) in [7, 11) is 0. The first kappa shape index (κ1) is 16.8. The van der Waals surface area contributed by atoms with E-state index in [1.165, 1.54) is 0 Å². The minimum Gasteiger partial charge on any atom is -0.481 e. The molecule has 2 amide bonds. The Balaban J connectivity index is 2.26. The Bertz CT molecular complexity index is 466. The van der Waals surface area contributed by atoms with Crippen molar-refractivity contribution in [3.63, 3.8) is 0 Å². The van der Waals surface area contributed by atoms with Crippen LogP contribution in [-0.2, 0) is 16.0 Å². The molecule has 0 aliphatic carbocycles. The van der Waals surface area contributed by atoms with Gasteiger partial charge in [-0.2, -0.15) is 0 Å². The van der Waals surface area contributed by atoms with Gasteiger partial charge >= 0.3 is 12.0 Å². The van der Waals surface area contributed by atoms with Crippen LogP contribution in [0.3, 0.4) is 0 Å². The molecule has 0 spiro atoms. The number of benzene rings is 1. The number of ether oxygens (including phenoxy) is 1. The van der Waals surface area contributed by atoms with Crippen LogP contribution in [0.5, 0.6) is 0 Å². The van der Waals surface area contributed by atoms with E-state index in [-0.39, 0.29) is 19.6 Å². The van der Waals surface area contributed by atoms with E-state index in [0.717, 1.165) is 0 Å². The number of aliphatic carboxylic acids is 1. The molecule has 0 saturated heterocycles. The van der Waals surface area contributed by atoms with Crippen molar-refractivity contribution in [1.82, 2.24) is 5.32 Å². The van der Waals surface area contributed by atoms with Gasteiger partial charge in [-0.05, 0) is 17.7 Å². The summed E-state index contributed by atoms with van der Waals surface area (Å²) in [6.07, 6.45) is -2.61. The van der Waals surface area contributed by atoms with Crippen LogP contribution in [0.15, 0.2) is 24.3 Å². The highest BCUT2D eigenvalue weighted by atomic mass is 19.3. The van der Waals surface area contributed by atoms with Gasteiger partial charge in [-0.25, -0.2) is 13.6 Å². The normalized spacial score (nSPS) is 10.4. The molecule has 0 aliphatic rings. The minimum atomic E-state index is -2.52. The summed E-state index contributed by atoms with van der Waals surface area (Å²) in [6.45, 7) is -0.556. The quantitative estimate of drug-likeness (QED) is 0.638. The second-order valence-corrected chi connectivity index (χ2v) is 4.11. The van der Waals surface area contributed by atoms with Crippen LogP contribution >= 0.6 is 0 Å². The molecule has 1 aromatic carbocycles. The van der Waals surface area contributed by atoms with Gasteiger partial charge in [-0.15, -0.1) is 0 Å². The Labute approximate surface area is 120 Å². The summed E-state index contributed by atoms with van der Waals surface area (Å²) >= 11 is 0. The van der Waals surface area contributed by atoms with Gasteiger partial charge in [-0.1, -0.05) is 12.1 Å². The number of nitrogens with one attached hydrogen (secondary N) is 2. The average molecular weight is 302 g/mol. The first-order chi connectivity index (χ1) is 9.97. The fourth-order valence-electron chi connectivity index (χ4n) is 1.46. The third-order valence-electron chi connectivity index (χ3n) is 2.34. The van der Waals surface area contributed by atoms with Gasteiger partial charge in [0.25, 0.3) is 6.43 Å². The van der Waals surface area contributed by atoms with E-state index in [2.05, 4.69) is 15.4 Å². The zero-order valence-electron chi connectivity index (χ0n) is 11.1. The standard InChI is InChI=1S/C13H16F2N2O4/c14-11(15)8-21-6-5-16-13(20)17-10-3-1-9(2-4-10)7-12(18)19/h1-4,11H,5-8H2,(H,18,19)(H2,16,17,20). The number of amides is 2. The zero-order chi connectivity index (χ0) is 15.7. The molecule has 3 N–H and O–H groups in total. The van der Waals surface area contributed by atoms with E-state index in [4.69, 9.17) is 5.11 Å². The lowest BCUT2D eigenvalue weighted by Crippen LogP contribution is -2.31. The van der Waals surface area contributed by atoms with Crippen LogP contribution in [0.4, 0.5) is 19.3 Å². The molecule has 8 heteroatoms. The average Bonchev–Trinajstić information content (AvgIpc) is 2.39. The number of urea groups is 1. The minimum absolute atomic E-state index is 0.00465. The first-order valence-electron chi connectivity index (χ1n) is 6.19. The summed E-state index contributed by atoms with van der Waals surface area (Å²) in [4.78, 5) is 22.0. The third-order valence-corrected chi connectivity index (χ3v) is 2.34. The second kappa shape index (κ2) is 8.85. The van der Waals surface area contributed by atoms with Gasteiger partial charge in [0.05, 0.1) is 13.0 Å². The van der Waals surface area contributed by atoms with Gasteiger partial charge in [0.1, 0.15) is 6.61 Å². The molecule has 0 atom stereocenters. The molecule has 0 fully saturated rings. The van der Waals surface area contributed by atoms with Crippen LogP contribution in [0, 0.1) is 0 Å². The third kappa shape index (κ3) is 7.83. The van der Waals surface area contributed by atoms with Gasteiger partial charge in [0.15, 0.2) is 0 Å². The maximum absolute atomic E-state index is 11.8. The lowest BCUT2D eigenvalue weighted by Gasteiger charge is -2.08. The smallest absolute Gasteiger partial charge is 0.319 e. The molecule has 0 bridgehead atoms. The van der Waals surface area contributed by atoms with E-state index in [1.807, 2.05) is 0 Å². The number of anilines is 1. The Morgan fingerprint density at radius 1 is 1.24 bits per heavy atom. The summed E-state index contributed by atoms with van der Waals surface area (Å²) in [5.41, 5.74) is 1.11. The molecule has 0 unspecified atom stereocenters. The van der Waals surface area contributed by atoms with Crippen LogP contribution < -0.4 is 10.6 Å². The predicted octanol–water partition coefficient (Wildman–Crippen LogP) is 1.72. The van der Waals surface area contributed by atoms with E-state index in [0.29, 0.717) is 11.3 Å². The number of carboxylic acids is 1. The monoisotopic (exact) mass is 302 g/mol. The van der Waals surface area contributed by atoms with Gasteiger partial charge < -0.3 is 20.5 Å². The van der Waals surface area contributed by atoms with Gasteiger partial charge in [0, 0.05) is 12.2 Å². The van der Waals surface area contributed by atoms with E-state index in [1.54, 1.807) is 24.3 Å². The summed E-state index contributed by atoms with van der Waals surface area (Å²) in [6, 6.07) is 5.84. The van der Waals surface area contributed by atoms with Crippen molar-refractivity contribution in [2.75, 3.05) is 25.1 Å². The molecule has 0 aliphatic heterocycles. The molecule has 116 valence electrons. The molecule has 1 rings (SSSR count). The number of carbonyl (C=O) groups excluding carboxylic acids is 1. The number of carboxylic acid groups (broad SMARTS) is 1. The van der Waals surface area contributed by atoms with Crippen LogP contribution in [0.1, 0.15) is 5.56 Å². The summed E-state index contributed by atoms with van der Waals surface area (Å²) in [5, 5.41) is 13.6. The van der Waals surface area contributed by atoms with Crippen molar-refractivity contribution < 1.29 is 28.2 Å². The largest absolute Gasteiger partial charge is 0.481 e. The van der Waals surface area contributed by atoms with E-state index >= 15 is 0 Å². The highest BCUT2D eigenvalue weighted by Gasteiger charge is 2.04. The fourth-order valence-corrected chi connectivity index (χ4v) is 1.46. The Hall–Kier alpha value is -2.22. The lowest BCUT2D eigenvalue weighted by atomic mass is 10.1. The molecular formula is C13H16F2N2O4. The van der Waals surface area contributed by atoms with E-state index < -0.39 is 25.0 Å². The number of halogens is 2. The van der Waals surface area contributed by atoms with Gasteiger partial charge in [0.2, 0.25) is 0 Å². The lowest BCUT2D eigenvalue weighted by molar-refractivity contribution is -0.136. The molecule has 6 nitrogen and oxygen atoms in total. The number of hydrogen-bond acceptors (Lipinski definition) is 3. The first-order valence-corrected chi connectivity index (χ1v) is 6.19. The molecule has 1 aromatic rings. The summed E-state index contributed by atoms with van der Waals surface area (Å²) in [5.74, 6) is -0.933. The Morgan fingerprint density at radius 2 is 1.90 bits per heavy atom. The molecule has 0 heterocycles. The van der Waals surface area contributed by atoms with Gasteiger partial charge in [-0.3, -0.25) is 4.79 Å². The van der Waals surface area contributed by atoms with Crippen LogP contribution in [-0.4, -0.2) is 43.3 Å². The van der Waals surface area contributed by atoms with Crippen LogP contribution in [0.2, 0.25) is 0 Å². The van der Waals surface area contributed by atoms with Crippen molar-refractivity contribution >= 4 is 17.7 Å². The Kier molecular flexibility index (Phi) is 7.10. The van der Waals surface area contributed by atoms with Crippen LogP contribution in [0.25, 0.3) is 0 Å². The predicted molar refractivity (Wildman–Crippen MR) is 71.6 cm³/mol. The fraction of sp³-hybridized carbons (Fsp3) is 0.385. The molecule has 21 heavy (non-hydrogen) atoms. The van der Waals surface area contributed by atoms with Crippen molar-refractivity contribution in [1.29, 1.82) is 0 Å². The molecule has 0 saturated carbocycles. The highest BCUT2D eigenvalue weighted by molar-refractivity contribution is 5.89. The molecular weight excluding hydrogens is 286 g/mol. The maximum atomic E-state index is 11.8. The SMILES string of the molecule is O=C(O)Cc1ccc(NC(=O)NCCOCC(F)F)cc1. The number of carbonyl (C=O) groups is 2. The molecule has 0 radical (unpaired) electrons. The van der Waals surface area contributed by atoms with Crippen molar-refractivity contribution in [2.24, 2.45) is 0 Å². The number of hydrogen-bond donors (Lipinski definition) is 3. The number of alkyl halides is 2. The second-order valence-electron chi connectivity index (χ2n) is 4.11. The molecule has 0 aromatic heterocycles. The van der Waals surface area contributed by atoms with Crippen molar-refractivity contribution in [2.45, 2.75) is 12.8 Å². The summed E-state index contributed by atoms with van der Waals surface area (Å²) < 4.78 is 28.1. The number of rotatable bonds is 8.